The van der Waals surface area contributed by atoms with Gasteiger partial charge in [-0.2, -0.15) is 0 Å². The van der Waals surface area contributed by atoms with Crippen molar-refractivity contribution in [1.29, 1.82) is 0 Å². The van der Waals surface area contributed by atoms with Crippen LogP contribution in [0.1, 0.15) is 96.8 Å². The number of aliphatic hydroxyl groups is 3. The number of ether oxygens (including phenoxy) is 1. The maximum Gasteiger partial charge on any atom is 0.305 e. The third-order valence-corrected chi connectivity index (χ3v) is 6.07. The van der Waals surface area contributed by atoms with Crippen molar-refractivity contribution in [2.24, 2.45) is 0 Å². The van der Waals surface area contributed by atoms with Crippen molar-refractivity contribution in [2.75, 3.05) is 26.4 Å². The first-order valence-corrected chi connectivity index (χ1v) is 14.1. The van der Waals surface area contributed by atoms with Crippen molar-refractivity contribution in [1.82, 2.24) is 0 Å². The van der Waals surface area contributed by atoms with E-state index in [-0.39, 0.29) is 13.0 Å². The van der Waals surface area contributed by atoms with Crippen LogP contribution in [0.3, 0.4) is 0 Å². The minimum absolute atomic E-state index is 0.244. The number of rotatable bonds is 24. The molecule has 202 valence electrons. The zero-order chi connectivity index (χ0) is 25.5. The lowest BCUT2D eigenvalue weighted by molar-refractivity contribution is -0.229. The molecule has 0 spiro atoms. The van der Waals surface area contributed by atoms with E-state index in [1.165, 1.54) is 44.9 Å². The summed E-state index contributed by atoms with van der Waals surface area (Å²) in [5.41, 5.74) is 0. The van der Waals surface area contributed by atoms with E-state index in [0.29, 0.717) is 6.42 Å². The number of hydrogen-bond donors (Lipinski definition) is 3. The molecule has 0 aliphatic carbocycles. The lowest BCUT2D eigenvalue weighted by Gasteiger charge is -2.24. The standard InChI is InChI=1S/C24H47O9P/c1-2-3-4-5-6-7-8-9-10-11-12-13-14-15-16-17-24(28)31-19-23(27)21-33-34(29,30)32-20-22(26)18-25/h9-10,22-23,25-27H,2-8,11-21H2,1H3,(H,29,30)/p-1/b10-9-/t22-,23-/m0/s1. The molecule has 9 nitrogen and oxygen atoms in total. The van der Waals surface area contributed by atoms with Gasteiger partial charge in [-0.15, -0.1) is 0 Å². The van der Waals surface area contributed by atoms with E-state index in [1.54, 1.807) is 0 Å². The Morgan fingerprint density at radius 2 is 1.32 bits per heavy atom. The second-order valence-corrected chi connectivity index (χ2v) is 9.96. The van der Waals surface area contributed by atoms with Crippen molar-refractivity contribution in [2.45, 2.75) is 109 Å². The van der Waals surface area contributed by atoms with Gasteiger partial charge in [0.05, 0.1) is 19.8 Å². The fourth-order valence-electron chi connectivity index (χ4n) is 3.09. The Hall–Kier alpha value is -0.800. The molecule has 3 atom stereocenters. The van der Waals surface area contributed by atoms with Gasteiger partial charge < -0.3 is 34.0 Å². The highest BCUT2D eigenvalue weighted by Crippen LogP contribution is 2.38. The van der Waals surface area contributed by atoms with Crippen molar-refractivity contribution in [3.63, 3.8) is 0 Å². The van der Waals surface area contributed by atoms with Crippen LogP contribution in [0, 0.1) is 0 Å². The van der Waals surface area contributed by atoms with Crippen LogP contribution in [-0.2, 0) is 23.1 Å². The van der Waals surface area contributed by atoms with Crippen molar-refractivity contribution >= 4 is 13.8 Å². The fourth-order valence-corrected chi connectivity index (χ4v) is 3.88. The van der Waals surface area contributed by atoms with Gasteiger partial charge in [-0.3, -0.25) is 9.36 Å². The number of aliphatic hydroxyl groups excluding tert-OH is 3. The van der Waals surface area contributed by atoms with Gasteiger partial charge in [0.15, 0.2) is 0 Å². The summed E-state index contributed by atoms with van der Waals surface area (Å²) in [7, 11) is -4.73. The largest absolute Gasteiger partial charge is 0.756 e. The topological polar surface area (TPSA) is 146 Å². The van der Waals surface area contributed by atoms with Gasteiger partial charge >= 0.3 is 5.97 Å². The van der Waals surface area contributed by atoms with Crippen LogP contribution >= 0.6 is 7.82 Å². The minimum atomic E-state index is -4.73. The summed E-state index contributed by atoms with van der Waals surface area (Å²) in [6.45, 7) is -0.105. The molecule has 0 aromatic rings. The summed E-state index contributed by atoms with van der Waals surface area (Å²) in [5, 5.41) is 27.3. The molecule has 34 heavy (non-hydrogen) atoms. The molecular weight excluding hydrogens is 463 g/mol. The summed E-state index contributed by atoms with van der Waals surface area (Å²) in [5.74, 6) is -0.454. The Balaban J connectivity index is 3.56. The van der Waals surface area contributed by atoms with Crippen LogP contribution in [0.5, 0.6) is 0 Å². The number of carbonyl (C=O) groups excluding carboxylic acids is 1. The average molecular weight is 510 g/mol. The van der Waals surface area contributed by atoms with Gasteiger partial charge in [0.2, 0.25) is 0 Å². The molecule has 0 aromatic carbocycles. The van der Waals surface area contributed by atoms with Gasteiger partial charge in [-0.25, -0.2) is 0 Å². The Kier molecular flexibility index (Phi) is 22.1. The summed E-state index contributed by atoms with van der Waals surface area (Å²) in [4.78, 5) is 23.1. The van der Waals surface area contributed by atoms with E-state index in [0.717, 1.165) is 32.1 Å². The van der Waals surface area contributed by atoms with Crippen LogP contribution in [-0.4, -0.2) is 59.9 Å². The quantitative estimate of drug-likeness (QED) is 0.0765. The zero-order valence-corrected chi connectivity index (χ0v) is 21.7. The summed E-state index contributed by atoms with van der Waals surface area (Å²) >= 11 is 0. The number of unbranched alkanes of at least 4 members (excludes halogenated alkanes) is 11. The third-order valence-electron chi connectivity index (χ3n) is 5.14. The summed E-state index contributed by atoms with van der Waals surface area (Å²) < 4.78 is 25.1. The van der Waals surface area contributed by atoms with E-state index in [4.69, 9.17) is 14.9 Å². The maximum absolute atomic E-state index is 11.7. The average Bonchev–Trinajstić information content (AvgIpc) is 2.82. The summed E-state index contributed by atoms with van der Waals surface area (Å²) in [6.07, 6.45) is 17.3. The van der Waals surface area contributed by atoms with Gasteiger partial charge in [0.1, 0.15) is 18.8 Å². The van der Waals surface area contributed by atoms with Gasteiger partial charge in [0, 0.05) is 6.42 Å². The van der Waals surface area contributed by atoms with E-state index < -0.39 is 45.8 Å². The third kappa shape index (κ3) is 23.0. The van der Waals surface area contributed by atoms with Crippen molar-refractivity contribution in [3.05, 3.63) is 12.2 Å². The van der Waals surface area contributed by atoms with Gasteiger partial charge in [0.25, 0.3) is 7.82 Å². The van der Waals surface area contributed by atoms with E-state index in [2.05, 4.69) is 28.1 Å². The molecule has 0 rings (SSSR count). The molecule has 3 N–H and O–H groups in total. The van der Waals surface area contributed by atoms with Gasteiger partial charge in [-0.05, 0) is 32.1 Å². The predicted molar refractivity (Wildman–Crippen MR) is 129 cm³/mol. The summed E-state index contributed by atoms with van der Waals surface area (Å²) in [6, 6.07) is 0. The Morgan fingerprint density at radius 3 is 1.88 bits per heavy atom. The van der Waals surface area contributed by atoms with Crippen LogP contribution in [0.4, 0.5) is 0 Å². The predicted octanol–water partition coefficient (Wildman–Crippen LogP) is 3.78. The molecule has 0 saturated carbocycles. The Morgan fingerprint density at radius 1 is 0.824 bits per heavy atom. The highest BCUT2D eigenvalue weighted by molar-refractivity contribution is 7.45. The molecule has 0 aromatic heterocycles. The molecule has 0 saturated heterocycles. The van der Waals surface area contributed by atoms with Crippen LogP contribution < -0.4 is 4.89 Å². The lowest BCUT2D eigenvalue weighted by Crippen LogP contribution is -2.26. The SMILES string of the molecule is CCCCCCCC/C=C\CCCCCCCC(=O)OC[C@H](O)COP(=O)([O-])OC[C@@H](O)CO. The first-order chi connectivity index (χ1) is 16.3. The van der Waals surface area contributed by atoms with Crippen molar-refractivity contribution < 1.29 is 43.4 Å². The number of phosphoric acid groups is 1. The highest BCUT2D eigenvalue weighted by atomic mass is 31.2. The molecule has 0 fully saturated rings. The first-order valence-electron chi connectivity index (χ1n) is 12.7. The van der Waals surface area contributed by atoms with Crippen LogP contribution in [0.2, 0.25) is 0 Å². The molecule has 0 radical (unpaired) electrons. The van der Waals surface area contributed by atoms with Crippen molar-refractivity contribution in [3.8, 4) is 0 Å². The number of phosphoric ester groups is 1. The first kappa shape index (κ1) is 33.2. The molecule has 0 amide bonds. The minimum Gasteiger partial charge on any atom is -0.756 e. The highest BCUT2D eigenvalue weighted by Gasteiger charge is 2.16. The number of carbonyl (C=O) groups is 1. The molecular formula is C24H46O9P-. The number of hydrogen-bond acceptors (Lipinski definition) is 9. The normalized spacial score (nSPS) is 15.3. The second-order valence-electron chi connectivity index (χ2n) is 8.55. The zero-order valence-electron chi connectivity index (χ0n) is 20.8. The van der Waals surface area contributed by atoms with E-state index in [9.17, 15) is 19.4 Å². The maximum atomic E-state index is 11.7. The molecule has 10 heteroatoms. The lowest BCUT2D eigenvalue weighted by atomic mass is 10.1. The number of allylic oxidation sites excluding steroid dienone is 2. The molecule has 0 heterocycles. The molecule has 0 aliphatic rings. The second kappa shape index (κ2) is 22.7. The van der Waals surface area contributed by atoms with Crippen LogP contribution in [0.25, 0.3) is 0 Å². The van der Waals surface area contributed by atoms with E-state index >= 15 is 0 Å². The van der Waals surface area contributed by atoms with Crippen LogP contribution in [0.15, 0.2) is 12.2 Å². The molecule has 0 bridgehead atoms. The smallest absolute Gasteiger partial charge is 0.305 e. The Bertz CT molecular complexity index is 557. The monoisotopic (exact) mass is 509 g/mol. The molecule has 0 aliphatic heterocycles. The van der Waals surface area contributed by atoms with Gasteiger partial charge in [-0.1, -0.05) is 70.4 Å². The molecule has 1 unspecified atom stereocenters. The Labute approximate surface area is 205 Å². The van der Waals surface area contributed by atoms with E-state index in [1.807, 2.05) is 0 Å². The fraction of sp³-hybridized carbons (Fsp3) is 0.875. The number of esters is 1.